The van der Waals surface area contributed by atoms with Crippen LogP contribution in [0.4, 0.5) is 0 Å². The van der Waals surface area contributed by atoms with Crippen molar-refractivity contribution >= 4 is 21.6 Å². The van der Waals surface area contributed by atoms with Crippen LogP contribution in [0.5, 0.6) is 0 Å². The van der Waals surface area contributed by atoms with E-state index in [1.165, 1.54) is 0 Å². The van der Waals surface area contributed by atoms with Crippen molar-refractivity contribution in [3.05, 3.63) is 34.9 Å². The van der Waals surface area contributed by atoms with Crippen molar-refractivity contribution in [2.24, 2.45) is 10.6 Å². The molecule has 0 atom stereocenters. The molecule has 0 bridgehead atoms. The van der Waals surface area contributed by atoms with Crippen molar-refractivity contribution in [1.82, 2.24) is 0 Å². The zero-order valence-electron chi connectivity index (χ0n) is 12.1. The van der Waals surface area contributed by atoms with Crippen LogP contribution < -0.4 is 5.14 Å². The summed E-state index contributed by atoms with van der Waals surface area (Å²) in [6.07, 6.45) is 4.95. The second-order valence-electron chi connectivity index (χ2n) is 5.99. The highest BCUT2D eigenvalue weighted by molar-refractivity contribution is 7.89. The minimum Gasteiger partial charge on any atom is -0.376 e. The Morgan fingerprint density at radius 3 is 2.57 bits per heavy atom. The van der Waals surface area contributed by atoms with Gasteiger partial charge in [-0.25, -0.2) is 13.6 Å². The van der Waals surface area contributed by atoms with Gasteiger partial charge in [0.05, 0.1) is 19.0 Å². The SMILES string of the molecule is NS(=O)(=O)CC1(COCc2cccc(Cl)c2)CCCCC1. The van der Waals surface area contributed by atoms with Gasteiger partial charge in [-0.3, -0.25) is 0 Å². The summed E-state index contributed by atoms with van der Waals surface area (Å²) in [5.41, 5.74) is 0.661. The molecule has 6 heteroatoms. The van der Waals surface area contributed by atoms with Crippen molar-refractivity contribution < 1.29 is 13.2 Å². The van der Waals surface area contributed by atoms with Crippen LogP contribution in [0.25, 0.3) is 0 Å². The van der Waals surface area contributed by atoms with Crippen LogP contribution in [0.1, 0.15) is 37.7 Å². The summed E-state index contributed by atoms with van der Waals surface area (Å²) in [7, 11) is -3.49. The Bertz CT molecular complexity index is 568. The Labute approximate surface area is 131 Å². The molecule has 0 aromatic heterocycles. The van der Waals surface area contributed by atoms with Crippen LogP contribution in [0.15, 0.2) is 24.3 Å². The molecule has 4 nitrogen and oxygen atoms in total. The van der Waals surface area contributed by atoms with Crippen LogP contribution in [0.3, 0.4) is 0 Å². The maximum Gasteiger partial charge on any atom is 0.209 e. The van der Waals surface area contributed by atoms with E-state index >= 15 is 0 Å². The first-order chi connectivity index (χ1) is 9.89. The van der Waals surface area contributed by atoms with E-state index in [0.29, 0.717) is 18.2 Å². The Hall–Kier alpha value is -0.620. The molecule has 118 valence electrons. The third-order valence-electron chi connectivity index (χ3n) is 3.99. The lowest BCUT2D eigenvalue weighted by molar-refractivity contribution is 0.0240. The van der Waals surface area contributed by atoms with Crippen molar-refractivity contribution in [3.63, 3.8) is 0 Å². The zero-order chi connectivity index (χ0) is 15.3. The van der Waals surface area contributed by atoms with E-state index in [1.807, 2.05) is 24.3 Å². The number of nitrogens with two attached hydrogens (primary N) is 1. The standard InChI is InChI=1S/C15H22ClNO3S/c16-14-6-4-5-13(9-14)10-20-11-15(12-21(17,18)19)7-2-1-3-8-15/h4-6,9H,1-3,7-8,10-12H2,(H2,17,18,19). The predicted octanol–water partition coefficient (Wildman–Crippen LogP) is 3.10. The molecule has 1 fully saturated rings. The van der Waals surface area contributed by atoms with Crippen molar-refractivity contribution in [2.45, 2.75) is 38.7 Å². The molecule has 1 aromatic rings. The van der Waals surface area contributed by atoms with E-state index in [4.69, 9.17) is 21.5 Å². The van der Waals surface area contributed by atoms with E-state index in [9.17, 15) is 8.42 Å². The van der Waals surface area contributed by atoms with Crippen molar-refractivity contribution in [2.75, 3.05) is 12.4 Å². The molecule has 0 heterocycles. The fourth-order valence-electron chi connectivity index (χ4n) is 3.07. The van der Waals surface area contributed by atoms with Crippen molar-refractivity contribution in [3.8, 4) is 0 Å². The summed E-state index contributed by atoms with van der Waals surface area (Å²) in [5.74, 6) is 0.00947. The first-order valence-electron chi connectivity index (χ1n) is 7.21. The molecular weight excluding hydrogens is 310 g/mol. The second kappa shape index (κ2) is 7.09. The van der Waals surface area contributed by atoms with E-state index in [1.54, 1.807) is 0 Å². The topological polar surface area (TPSA) is 69.4 Å². The molecule has 2 N–H and O–H groups in total. The van der Waals surface area contributed by atoms with Gasteiger partial charge < -0.3 is 4.74 Å². The molecule has 2 rings (SSSR count). The number of rotatable bonds is 6. The average molecular weight is 332 g/mol. The molecule has 0 radical (unpaired) electrons. The maximum atomic E-state index is 11.5. The third kappa shape index (κ3) is 5.58. The lowest BCUT2D eigenvalue weighted by Crippen LogP contribution is -2.39. The average Bonchev–Trinajstić information content (AvgIpc) is 2.37. The lowest BCUT2D eigenvalue weighted by Gasteiger charge is -2.36. The van der Waals surface area contributed by atoms with Gasteiger partial charge in [0.1, 0.15) is 0 Å². The number of benzene rings is 1. The van der Waals surface area contributed by atoms with Crippen LogP contribution in [0.2, 0.25) is 5.02 Å². The number of sulfonamides is 1. The normalized spacial score (nSPS) is 18.6. The first kappa shape index (κ1) is 16.7. The summed E-state index contributed by atoms with van der Waals surface area (Å²) in [5, 5.41) is 5.93. The van der Waals surface area contributed by atoms with Gasteiger partial charge in [0.2, 0.25) is 10.0 Å². The highest BCUT2D eigenvalue weighted by atomic mass is 35.5. The van der Waals surface area contributed by atoms with Crippen LogP contribution in [-0.2, 0) is 21.4 Å². The van der Waals surface area contributed by atoms with Gasteiger partial charge in [0.15, 0.2) is 0 Å². The summed E-state index contributed by atoms with van der Waals surface area (Å²) in [6, 6.07) is 7.49. The molecule has 0 spiro atoms. The summed E-state index contributed by atoms with van der Waals surface area (Å²) < 4.78 is 28.8. The quantitative estimate of drug-likeness (QED) is 0.870. The number of hydrogen-bond donors (Lipinski definition) is 1. The Morgan fingerprint density at radius 2 is 1.95 bits per heavy atom. The molecule has 0 unspecified atom stereocenters. The highest BCUT2D eigenvalue weighted by Crippen LogP contribution is 2.37. The minimum atomic E-state index is -3.49. The summed E-state index contributed by atoms with van der Waals surface area (Å²) in [4.78, 5) is 0. The predicted molar refractivity (Wildman–Crippen MR) is 84.6 cm³/mol. The number of ether oxygens (including phenoxy) is 1. The Morgan fingerprint density at radius 1 is 1.24 bits per heavy atom. The minimum absolute atomic E-state index is 0.00947. The van der Waals surface area contributed by atoms with Gasteiger partial charge in [-0.05, 0) is 30.5 Å². The molecule has 0 aliphatic heterocycles. The molecule has 1 aromatic carbocycles. The second-order valence-corrected chi connectivity index (χ2v) is 8.04. The first-order valence-corrected chi connectivity index (χ1v) is 9.31. The van der Waals surface area contributed by atoms with Gasteiger partial charge >= 0.3 is 0 Å². The van der Waals surface area contributed by atoms with Gasteiger partial charge in [-0.15, -0.1) is 0 Å². The van der Waals surface area contributed by atoms with Crippen molar-refractivity contribution in [1.29, 1.82) is 0 Å². The van der Waals surface area contributed by atoms with Crippen LogP contribution >= 0.6 is 11.6 Å². The zero-order valence-corrected chi connectivity index (χ0v) is 13.6. The fraction of sp³-hybridized carbons (Fsp3) is 0.600. The van der Waals surface area contributed by atoms with Gasteiger partial charge in [-0.1, -0.05) is 43.0 Å². The Kier molecular flexibility index (Phi) is 5.66. The van der Waals surface area contributed by atoms with E-state index in [2.05, 4.69) is 0 Å². The maximum absolute atomic E-state index is 11.5. The number of hydrogen-bond acceptors (Lipinski definition) is 3. The van der Waals surface area contributed by atoms with E-state index in [0.717, 1.165) is 37.7 Å². The molecule has 1 aliphatic carbocycles. The van der Waals surface area contributed by atoms with Crippen LogP contribution in [-0.4, -0.2) is 20.8 Å². The third-order valence-corrected chi connectivity index (χ3v) is 5.24. The Balaban J connectivity index is 1.96. The summed E-state index contributed by atoms with van der Waals surface area (Å²) in [6.45, 7) is 0.864. The number of primary sulfonamides is 1. The van der Waals surface area contributed by atoms with E-state index in [-0.39, 0.29) is 11.2 Å². The molecule has 1 saturated carbocycles. The van der Waals surface area contributed by atoms with Gasteiger partial charge in [0.25, 0.3) is 0 Å². The van der Waals surface area contributed by atoms with Gasteiger partial charge in [-0.2, -0.15) is 0 Å². The molecule has 1 aliphatic rings. The number of halogens is 1. The van der Waals surface area contributed by atoms with E-state index < -0.39 is 10.0 Å². The molecule has 0 amide bonds. The lowest BCUT2D eigenvalue weighted by atomic mass is 9.76. The molecule has 0 saturated heterocycles. The summed E-state index contributed by atoms with van der Waals surface area (Å²) >= 11 is 5.94. The monoisotopic (exact) mass is 331 g/mol. The largest absolute Gasteiger partial charge is 0.376 e. The van der Waals surface area contributed by atoms with Gasteiger partial charge in [0, 0.05) is 10.4 Å². The smallest absolute Gasteiger partial charge is 0.209 e. The highest BCUT2D eigenvalue weighted by Gasteiger charge is 2.36. The molecular formula is C15H22ClNO3S. The van der Waals surface area contributed by atoms with Crippen LogP contribution in [0, 0.1) is 5.41 Å². The molecule has 21 heavy (non-hydrogen) atoms. The fourth-order valence-corrected chi connectivity index (χ4v) is 4.51.